The van der Waals surface area contributed by atoms with E-state index < -0.39 is 11.5 Å². The molecule has 3 N–H and O–H groups in total. The van der Waals surface area contributed by atoms with Crippen LogP contribution in [0.2, 0.25) is 0 Å². The normalized spacial score (nSPS) is 37.6. The average Bonchev–Trinajstić information content (AvgIpc) is 2.62. The molecule has 1 unspecified atom stereocenters. The molecule has 0 saturated heterocycles. The first-order chi connectivity index (χ1) is 4.67. The van der Waals surface area contributed by atoms with Gasteiger partial charge in [0.05, 0.1) is 0 Å². The van der Waals surface area contributed by atoms with Gasteiger partial charge in [0.15, 0.2) is 0 Å². The summed E-state index contributed by atoms with van der Waals surface area (Å²) >= 11 is 0. The van der Waals surface area contributed by atoms with Crippen molar-refractivity contribution in [1.29, 1.82) is 0 Å². The summed E-state index contributed by atoms with van der Waals surface area (Å²) in [5.41, 5.74) is -0.825. The van der Waals surface area contributed by atoms with Crippen molar-refractivity contribution < 1.29 is 15.0 Å². The zero-order valence-corrected chi connectivity index (χ0v) is 5.79. The van der Waals surface area contributed by atoms with E-state index in [0.717, 1.165) is 0 Å². The van der Waals surface area contributed by atoms with Gasteiger partial charge in [0.25, 0.3) is 0 Å². The monoisotopic (exact) mass is 145 g/mol. The summed E-state index contributed by atoms with van der Waals surface area (Å²) in [7, 11) is 1.60. The van der Waals surface area contributed by atoms with Crippen molar-refractivity contribution in [3.63, 3.8) is 0 Å². The van der Waals surface area contributed by atoms with Crippen LogP contribution >= 0.6 is 0 Å². The van der Waals surface area contributed by atoms with Crippen LogP contribution in [0.5, 0.6) is 0 Å². The molecule has 1 fully saturated rings. The van der Waals surface area contributed by atoms with Crippen LogP contribution in [-0.4, -0.2) is 35.4 Å². The quantitative estimate of drug-likeness (QED) is 0.478. The van der Waals surface area contributed by atoms with Crippen LogP contribution in [0.25, 0.3) is 0 Å². The minimum atomic E-state index is -0.867. The number of aliphatic carboxylic acids is 1. The van der Waals surface area contributed by atoms with Crippen LogP contribution in [-0.2, 0) is 4.79 Å². The first kappa shape index (κ1) is 7.50. The second-order valence-corrected chi connectivity index (χ2v) is 2.61. The zero-order valence-electron chi connectivity index (χ0n) is 5.79. The predicted molar refractivity (Wildman–Crippen MR) is 34.6 cm³/mol. The van der Waals surface area contributed by atoms with Gasteiger partial charge in [0.2, 0.25) is 0 Å². The molecule has 0 aliphatic heterocycles. The highest BCUT2D eigenvalue weighted by molar-refractivity contribution is 5.83. The summed E-state index contributed by atoms with van der Waals surface area (Å²) in [6.45, 7) is -0.0485. The van der Waals surface area contributed by atoms with E-state index in [1.807, 2.05) is 0 Å². The summed E-state index contributed by atoms with van der Waals surface area (Å²) in [6, 6.07) is 0. The minimum Gasteiger partial charge on any atom is -0.480 e. The lowest BCUT2D eigenvalue weighted by Crippen LogP contribution is -2.39. The second-order valence-electron chi connectivity index (χ2n) is 2.61. The highest BCUT2D eigenvalue weighted by atomic mass is 16.4. The number of carboxylic acids is 1. The molecule has 0 spiro atoms. The summed E-state index contributed by atoms with van der Waals surface area (Å²) in [6.07, 6.45) is 0.537. The SMILES string of the molecule is CN[C@]1(C(=O)O)CC1CO. The molecule has 58 valence electrons. The fourth-order valence-electron chi connectivity index (χ4n) is 1.23. The zero-order chi connectivity index (χ0) is 7.78. The lowest BCUT2D eigenvalue weighted by molar-refractivity contribution is -0.141. The van der Waals surface area contributed by atoms with E-state index in [2.05, 4.69) is 5.32 Å². The van der Waals surface area contributed by atoms with Gasteiger partial charge in [-0.25, -0.2) is 0 Å². The Morgan fingerprint density at radius 2 is 2.50 bits per heavy atom. The highest BCUT2D eigenvalue weighted by Crippen LogP contribution is 2.42. The van der Waals surface area contributed by atoms with E-state index >= 15 is 0 Å². The van der Waals surface area contributed by atoms with Gasteiger partial charge in [-0.2, -0.15) is 0 Å². The Labute approximate surface area is 58.9 Å². The lowest BCUT2D eigenvalue weighted by atomic mass is 10.2. The molecular formula is C6H11NO3. The van der Waals surface area contributed by atoms with E-state index in [1.165, 1.54) is 0 Å². The third kappa shape index (κ3) is 0.803. The van der Waals surface area contributed by atoms with Crippen LogP contribution in [0, 0.1) is 5.92 Å². The largest absolute Gasteiger partial charge is 0.480 e. The maximum absolute atomic E-state index is 10.5. The number of aliphatic hydroxyl groups is 1. The molecule has 4 nitrogen and oxygen atoms in total. The molecule has 2 atom stereocenters. The molecule has 1 rings (SSSR count). The van der Waals surface area contributed by atoms with Crippen molar-refractivity contribution in [2.24, 2.45) is 5.92 Å². The Hall–Kier alpha value is -0.610. The van der Waals surface area contributed by atoms with E-state index in [1.54, 1.807) is 7.05 Å². The van der Waals surface area contributed by atoms with Gasteiger partial charge >= 0.3 is 5.97 Å². The topological polar surface area (TPSA) is 69.6 Å². The fourth-order valence-corrected chi connectivity index (χ4v) is 1.23. The van der Waals surface area contributed by atoms with Gasteiger partial charge < -0.3 is 15.5 Å². The molecule has 0 aromatic carbocycles. The smallest absolute Gasteiger partial charge is 0.324 e. The summed E-state index contributed by atoms with van der Waals surface area (Å²) in [4.78, 5) is 10.5. The number of carboxylic acid groups (broad SMARTS) is 1. The first-order valence-electron chi connectivity index (χ1n) is 3.20. The Morgan fingerprint density at radius 1 is 1.90 bits per heavy atom. The van der Waals surface area contributed by atoms with Gasteiger partial charge in [-0.15, -0.1) is 0 Å². The number of likely N-dealkylation sites (N-methyl/N-ethyl adjacent to an activating group) is 1. The van der Waals surface area contributed by atoms with Crippen LogP contribution in [0.3, 0.4) is 0 Å². The Morgan fingerprint density at radius 3 is 2.60 bits per heavy atom. The molecule has 0 bridgehead atoms. The van der Waals surface area contributed by atoms with Crippen molar-refractivity contribution in [3.05, 3.63) is 0 Å². The van der Waals surface area contributed by atoms with Crippen molar-refractivity contribution in [1.82, 2.24) is 5.32 Å². The molecule has 0 aromatic heterocycles. The van der Waals surface area contributed by atoms with Crippen molar-refractivity contribution in [2.75, 3.05) is 13.7 Å². The Bertz CT molecular complexity index is 159. The van der Waals surface area contributed by atoms with Gasteiger partial charge in [-0.1, -0.05) is 0 Å². The molecule has 1 saturated carbocycles. The molecule has 0 heterocycles. The standard InChI is InChI=1S/C6H11NO3/c1-7-6(5(9)10)2-4(6)3-8/h4,7-8H,2-3H2,1H3,(H,9,10)/t4?,6-/m1/s1. The summed E-state index contributed by atoms with van der Waals surface area (Å²) in [5, 5.41) is 19.9. The van der Waals surface area contributed by atoms with Gasteiger partial charge in [0.1, 0.15) is 5.54 Å². The van der Waals surface area contributed by atoms with Gasteiger partial charge in [0, 0.05) is 12.5 Å². The molecule has 1 aliphatic carbocycles. The molecule has 1 aliphatic rings. The van der Waals surface area contributed by atoms with E-state index in [0.29, 0.717) is 6.42 Å². The van der Waals surface area contributed by atoms with Crippen molar-refractivity contribution >= 4 is 5.97 Å². The molecule has 4 heteroatoms. The Balaban J connectivity index is 2.59. The third-order valence-electron chi connectivity index (χ3n) is 2.15. The van der Waals surface area contributed by atoms with Crippen LogP contribution in [0.4, 0.5) is 0 Å². The Kier molecular flexibility index (Phi) is 1.66. The summed E-state index contributed by atoms with van der Waals surface area (Å²) in [5.74, 6) is -0.968. The maximum atomic E-state index is 10.5. The van der Waals surface area contributed by atoms with Crippen LogP contribution in [0.15, 0.2) is 0 Å². The predicted octanol–water partition coefficient (Wildman–Crippen LogP) is -0.959. The highest BCUT2D eigenvalue weighted by Gasteiger charge is 2.59. The number of nitrogens with one attached hydrogen (secondary N) is 1. The second kappa shape index (κ2) is 2.21. The molecule has 0 aromatic rings. The van der Waals surface area contributed by atoms with Crippen molar-refractivity contribution in [3.8, 4) is 0 Å². The molecular weight excluding hydrogens is 134 g/mol. The number of aliphatic hydroxyl groups excluding tert-OH is 1. The van der Waals surface area contributed by atoms with E-state index in [4.69, 9.17) is 10.2 Å². The van der Waals surface area contributed by atoms with Gasteiger partial charge in [-0.3, -0.25) is 4.79 Å². The summed E-state index contributed by atoms with van der Waals surface area (Å²) < 4.78 is 0. The first-order valence-corrected chi connectivity index (χ1v) is 3.20. The lowest BCUT2D eigenvalue weighted by Gasteiger charge is -2.08. The average molecular weight is 145 g/mol. The van der Waals surface area contributed by atoms with Crippen LogP contribution in [0.1, 0.15) is 6.42 Å². The molecule has 10 heavy (non-hydrogen) atoms. The minimum absolute atomic E-state index is 0.0485. The van der Waals surface area contributed by atoms with E-state index in [9.17, 15) is 4.79 Å². The van der Waals surface area contributed by atoms with Crippen LogP contribution < -0.4 is 5.32 Å². The fraction of sp³-hybridized carbons (Fsp3) is 0.833. The number of carbonyl (C=O) groups is 1. The number of hydrogen-bond donors (Lipinski definition) is 3. The van der Waals surface area contributed by atoms with Crippen molar-refractivity contribution in [2.45, 2.75) is 12.0 Å². The molecule has 0 radical (unpaired) electrons. The molecule has 0 amide bonds. The number of hydrogen-bond acceptors (Lipinski definition) is 3. The maximum Gasteiger partial charge on any atom is 0.324 e. The van der Waals surface area contributed by atoms with Gasteiger partial charge in [-0.05, 0) is 13.5 Å². The third-order valence-corrected chi connectivity index (χ3v) is 2.15. The number of rotatable bonds is 3. The van der Waals surface area contributed by atoms with E-state index in [-0.39, 0.29) is 12.5 Å².